The van der Waals surface area contributed by atoms with Gasteiger partial charge in [-0.2, -0.15) is 5.10 Å². The second-order valence-electron chi connectivity index (χ2n) is 5.66. The maximum Gasteiger partial charge on any atom is 0.407 e. The number of aromatic amines is 1. The van der Waals surface area contributed by atoms with Crippen LogP contribution in [0.25, 0.3) is 0 Å². The van der Waals surface area contributed by atoms with Crippen molar-refractivity contribution in [2.24, 2.45) is 0 Å². The number of esters is 1. The van der Waals surface area contributed by atoms with Crippen molar-refractivity contribution >= 4 is 12.1 Å². The lowest BCUT2D eigenvalue weighted by molar-refractivity contribution is -0.140. The number of alkyl carbamates (subject to hydrolysis) is 1. The molecule has 7 heteroatoms. The Labute approximate surface area is 124 Å². The Hall–Kier alpha value is -2.05. The molecule has 0 spiro atoms. The minimum atomic E-state index is -0.524. The summed E-state index contributed by atoms with van der Waals surface area (Å²) in [6.07, 6.45) is 2.87. The van der Waals surface area contributed by atoms with Gasteiger partial charge in [0.25, 0.3) is 0 Å². The van der Waals surface area contributed by atoms with Crippen LogP contribution in [0.4, 0.5) is 4.79 Å². The van der Waals surface area contributed by atoms with Crippen molar-refractivity contribution in [1.82, 2.24) is 15.5 Å². The minimum Gasteiger partial charge on any atom is -0.469 e. The largest absolute Gasteiger partial charge is 0.469 e. The fourth-order valence-corrected chi connectivity index (χ4v) is 1.70. The third-order valence-electron chi connectivity index (χ3n) is 2.66. The summed E-state index contributed by atoms with van der Waals surface area (Å²) in [5, 5.41) is 9.51. The fourth-order valence-electron chi connectivity index (χ4n) is 1.70. The van der Waals surface area contributed by atoms with Crippen molar-refractivity contribution in [1.29, 1.82) is 0 Å². The van der Waals surface area contributed by atoms with Gasteiger partial charge in [-0.25, -0.2) is 4.79 Å². The lowest BCUT2D eigenvalue weighted by Gasteiger charge is -2.19. The molecule has 1 amide bonds. The Bertz CT molecular complexity index is 477. The van der Waals surface area contributed by atoms with E-state index in [1.807, 2.05) is 20.8 Å². The number of carbonyl (C=O) groups is 2. The molecule has 0 unspecified atom stereocenters. The van der Waals surface area contributed by atoms with Crippen LogP contribution in [-0.2, 0) is 27.2 Å². The van der Waals surface area contributed by atoms with Crippen molar-refractivity contribution in [2.45, 2.75) is 52.2 Å². The van der Waals surface area contributed by atoms with Gasteiger partial charge in [0, 0.05) is 24.2 Å². The Morgan fingerprint density at radius 1 is 1.38 bits per heavy atom. The molecule has 0 bridgehead atoms. The number of rotatable bonds is 6. The van der Waals surface area contributed by atoms with Gasteiger partial charge >= 0.3 is 12.1 Å². The third kappa shape index (κ3) is 6.78. The van der Waals surface area contributed by atoms with Crippen LogP contribution in [0.1, 0.15) is 44.9 Å². The number of H-pyrrole nitrogens is 1. The Kier molecular flexibility index (Phi) is 6.20. The maximum absolute atomic E-state index is 11.6. The molecular weight excluding hydrogens is 274 g/mol. The molecule has 0 atom stereocenters. The summed E-state index contributed by atoms with van der Waals surface area (Å²) in [4.78, 5) is 22.6. The molecule has 1 heterocycles. The van der Waals surface area contributed by atoms with Gasteiger partial charge in [0.1, 0.15) is 5.60 Å². The number of ether oxygens (including phenoxy) is 2. The Morgan fingerprint density at radius 3 is 2.71 bits per heavy atom. The molecular formula is C14H23N3O4. The summed E-state index contributed by atoms with van der Waals surface area (Å²) in [6, 6.07) is 0. The first-order valence-electron chi connectivity index (χ1n) is 6.86. The molecule has 1 aromatic heterocycles. The van der Waals surface area contributed by atoms with Gasteiger partial charge in [-0.3, -0.25) is 9.89 Å². The normalized spacial score (nSPS) is 11.0. The summed E-state index contributed by atoms with van der Waals surface area (Å²) in [7, 11) is 1.37. The summed E-state index contributed by atoms with van der Waals surface area (Å²) < 4.78 is 9.75. The van der Waals surface area contributed by atoms with E-state index in [-0.39, 0.29) is 5.97 Å². The predicted octanol–water partition coefficient (Wildman–Crippen LogP) is 1.93. The number of nitrogens with one attached hydrogen (secondary N) is 2. The molecule has 0 saturated heterocycles. The SMILES string of the molecule is COC(=O)CCCc1[nH]ncc1CNC(=O)OC(C)(C)C. The molecule has 0 aromatic carbocycles. The highest BCUT2D eigenvalue weighted by Gasteiger charge is 2.16. The second-order valence-corrected chi connectivity index (χ2v) is 5.66. The Balaban J connectivity index is 2.41. The van der Waals surface area contributed by atoms with Gasteiger partial charge in [0.2, 0.25) is 0 Å². The van der Waals surface area contributed by atoms with Crippen LogP contribution >= 0.6 is 0 Å². The molecule has 21 heavy (non-hydrogen) atoms. The molecule has 0 fully saturated rings. The van der Waals surface area contributed by atoms with Gasteiger partial charge in [-0.1, -0.05) is 0 Å². The number of hydrogen-bond acceptors (Lipinski definition) is 5. The standard InChI is InChI=1S/C14H23N3O4/c1-14(2,3)21-13(19)15-8-10-9-16-17-11(10)6-5-7-12(18)20-4/h9H,5-8H2,1-4H3,(H,15,19)(H,16,17). The smallest absolute Gasteiger partial charge is 0.407 e. The molecule has 2 N–H and O–H groups in total. The van der Waals surface area contributed by atoms with Crippen molar-refractivity contribution in [3.8, 4) is 0 Å². The van der Waals surface area contributed by atoms with Crippen LogP contribution in [0.15, 0.2) is 6.20 Å². The van der Waals surface area contributed by atoms with Gasteiger partial charge < -0.3 is 14.8 Å². The first-order chi connectivity index (χ1) is 9.81. The number of aryl methyl sites for hydroxylation is 1. The van der Waals surface area contributed by atoms with Crippen molar-refractivity contribution < 1.29 is 19.1 Å². The predicted molar refractivity (Wildman–Crippen MR) is 76.6 cm³/mol. The summed E-state index contributed by atoms with van der Waals surface area (Å²) in [5.41, 5.74) is 1.25. The van der Waals surface area contributed by atoms with Crippen LogP contribution in [0, 0.1) is 0 Å². The molecule has 1 aromatic rings. The van der Waals surface area contributed by atoms with E-state index in [9.17, 15) is 9.59 Å². The van der Waals surface area contributed by atoms with Crippen LogP contribution < -0.4 is 5.32 Å². The van der Waals surface area contributed by atoms with Crippen LogP contribution in [0.3, 0.4) is 0 Å². The molecule has 0 aliphatic heterocycles. The zero-order valence-corrected chi connectivity index (χ0v) is 13.0. The quantitative estimate of drug-likeness (QED) is 0.783. The van der Waals surface area contributed by atoms with E-state index in [4.69, 9.17) is 4.74 Å². The number of hydrogen-bond donors (Lipinski definition) is 2. The van der Waals surface area contributed by atoms with E-state index in [0.29, 0.717) is 25.8 Å². The highest BCUT2D eigenvalue weighted by Crippen LogP contribution is 2.10. The molecule has 0 aliphatic rings. The zero-order chi connectivity index (χ0) is 15.9. The van der Waals surface area contributed by atoms with Crippen molar-refractivity contribution in [3.05, 3.63) is 17.5 Å². The first kappa shape index (κ1) is 17.0. The van der Waals surface area contributed by atoms with Crippen molar-refractivity contribution in [2.75, 3.05) is 7.11 Å². The van der Waals surface area contributed by atoms with Gasteiger partial charge in [0.05, 0.1) is 13.3 Å². The van der Waals surface area contributed by atoms with E-state index in [0.717, 1.165) is 11.3 Å². The molecule has 118 valence electrons. The number of carbonyl (C=O) groups excluding carboxylic acids is 2. The van der Waals surface area contributed by atoms with Gasteiger partial charge in [-0.05, 0) is 33.6 Å². The summed E-state index contributed by atoms with van der Waals surface area (Å²) >= 11 is 0. The lowest BCUT2D eigenvalue weighted by atomic mass is 10.1. The number of amides is 1. The monoisotopic (exact) mass is 297 g/mol. The molecule has 0 aliphatic carbocycles. The lowest BCUT2D eigenvalue weighted by Crippen LogP contribution is -2.32. The highest BCUT2D eigenvalue weighted by atomic mass is 16.6. The van der Waals surface area contributed by atoms with Crippen LogP contribution in [-0.4, -0.2) is 35.0 Å². The number of aromatic nitrogens is 2. The minimum absolute atomic E-state index is 0.233. The fraction of sp³-hybridized carbons (Fsp3) is 0.643. The van der Waals surface area contributed by atoms with Crippen LogP contribution in [0.2, 0.25) is 0 Å². The van der Waals surface area contributed by atoms with E-state index >= 15 is 0 Å². The molecule has 0 radical (unpaired) electrons. The van der Waals surface area contributed by atoms with E-state index in [1.54, 1.807) is 6.20 Å². The average molecular weight is 297 g/mol. The van der Waals surface area contributed by atoms with E-state index in [1.165, 1.54) is 7.11 Å². The molecule has 1 rings (SSSR count). The Morgan fingerprint density at radius 2 is 2.10 bits per heavy atom. The molecule has 0 saturated carbocycles. The van der Waals surface area contributed by atoms with Crippen LogP contribution in [0.5, 0.6) is 0 Å². The number of methoxy groups -OCH3 is 1. The van der Waals surface area contributed by atoms with Crippen molar-refractivity contribution in [3.63, 3.8) is 0 Å². The first-order valence-corrected chi connectivity index (χ1v) is 6.86. The molecule has 7 nitrogen and oxygen atoms in total. The summed E-state index contributed by atoms with van der Waals surface area (Å²) in [5.74, 6) is -0.233. The zero-order valence-electron chi connectivity index (χ0n) is 13.0. The number of nitrogens with zero attached hydrogens (tertiary/aromatic N) is 1. The topological polar surface area (TPSA) is 93.3 Å². The highest BCUT2D eigenvalue weighted by molar-refractivity contribution is 5.69. The van der Waals surface area contributed by atoms with Gasteiger partial charge in [0.15, 0.2) is 0 Å². The maximum atomic E-state index is 11.6. The summed E-state index contributed by atoms with van der Waals surface area (Å²) in [6.45, 7) is 5.76. The van der Waals surface area contributed by atoms with E-state index in [2.05, 4.69) is 20.3 Å². The second kappa shape index (κ2) is 7.66. The average Bonchev–Trinajstić information content (AvgIpc) is 2.81. The van der Waals surface area contributed by atoms with Gasteiger partial charge in [-0.15, -0.1) is 0 Å². The van der Waals surface area contributed by atoms with E-state index < -0.39 is 11.7 Å². The third-order valence-corrected chi connectivity index (χ3v) is 2.66.